The molecule has 0 spiro atoms. The number of piperazine rings is 1. The Hall–Kier alpha value is -2.64. The van der Waals surface area contributed by atoms with E-state index in [0.717, 1.165) is 17.4 Å². The molecule has 1 aliphatic heterocycles. The molecule has 0 aliphatic carbocycles. The molecule has 2 aromatic carbocycles. The van der Waals surface area contributed by atoms with Crippen molar-refractivity contribution in [3.8, 4) is 5.69 Å². The molecular formula is C21H21ClF2N4O. The third kappa shape index (κ3) is 3.80. The predicted octanol–water partition coefficient (Wildman–Crippen LogP) is 3.43. The smallest absolute Gasteiger partial charge is 0.290 e. The highest BCUT2D eigenvalue weighted by Gasteiger charge is 2.24. The van der Waals surface area contributed by atoms with Gasteiger partial charge in [-0.05, 0) is 24.3 Å². The van der Waals surface area contributed by atoms with E-state index in [1.807, 2.05) is 42.3 Å². The van der Waals surface area contributed by atoms with Gasteiger partial charge in [0.2, 0.25) is 0 Å². The van der Waals surface area contributed by atoms with Crippen molar-refractivity contribution in [2.75, 3.05) is 31.1 Å². The molecule has 29 heavy (non-hydrogen) atoms. The highest BCUT2D eigenvalue weighted by atomic mass is 35.5. The summed E-state index contributed by atoms with van der Waals surface area (Å²) in [5.41, 5.74) is 1.65. The first-order valence-electron chi connectivity index (χ1n) is 9.40. The monoisotopic (exact) mass is 418 g/mol. The summed E-state index contributed by atoms with van der Waals surface area (Å²) in [6.45, 7) is 3.08. The van der Waals surface area contributed by atoms with Crippen molar-refractivity contribution in [2.45, 2.75) is 6.54 Å². The van der Waals surface area contributed by atoms with Crippen LogP contribution in [0, 0.1) is 11.6 Å². The Morgan fingerprint density at radius 3 is 2.34 bits per heavy atom. The molecule has 8 heteroatoms. The van der Waals surface area contributed by atoms with E-state index in [0.29, 0.717) is 38.4 Å². The lowest BCUT2D eigenvalue weighted by Crippen LogP contribution is -2.46. The number of nitrogens with zero attached hydrogens (tertiary/aromatic N) is 4. The lowest BCUT2D eigenvalue weighted by atomic mass is 10.2. The largest absolute Gasteiger partial charge is 0.367 e. The number of hydrogen-bond acceptors (Lipinski definition) is 3. The van der Waals surface area contributed by atoms with Crippen LogP contribution in [0.25, 0.3) is 5.69 Å². The Morgan fingerprint density at radius 1 is 1.00 bits per heavy atom. The Morgan fingerprint density at radius 2 is 1.69 bits per heavy atom. The van der Waals surface area contributed by atoms with Crippen LogP contribution in [-0.4, -0.2) is 40.4 Å². The minimum atomic E-state index is -0.580. The number of rotatable bonds is 4. The zero-order valence-corrected chi connectivity index (χ0v) is 16.7. The molecule has 1 fully saturated rings. The summed E-state index contributed by atoms with van der Waals surface area (Å²) in [6, 6.07) is 13.0. The predicted molar refractivity (Wildman–Crippen MR) is 110 cm³/mol. The summed E-state index contributed by atoms with van der Waals surface area (Å²) in [7, 11) is 1.82. The second-order valence-electron chi connectivity index (χ2n) is 7.10. The van der Waals surface area contributed by atoms with Gasteiger partial charge in [0, 0.05) is 45.8 Å². The average molecular weight is 419 g/mol. The van der Waals surface area contributed by atoms with Crippen molar-refractivity contribution in [1.82, 2.24) is 14.3 Å². The standard InChI is InChI=1S/C21H21ClF2N4O/c1-25-19(20(22)21(29)28(25)16-5-3-2-4-6-16)14-26-9-11-27(12-10-26)18-8-7-15(23)13-17(18)24/h2-8,13H,9-12,14H2,1H3. The van der Waals surface area contributed by atoms with Gasteiger partial charge in [0.25, 0.3) is 5.56 Å². The molecular weight excluding hydrogens is 398 g/mol. The van der Waals surface area contributed by atoms with Gasteiger partial charge in [0.1, 0.15) is 16.7 Å². The van der Waals surface area contributed by atoms with Gasteiger partial charge in [-0.25, -0.2) is 13.5 Å². The Kier molecular flexibility index (Phi) is 5.43. The first-order chi connectivity index (χ1) is 14.0. The first kappa shape index (κ1) is 19.7. The fraction of sp³-hybridized carbons (Fsp3) is 0.286. The van der Waals surface area contributed by atoms with Gasteiger partial charge in [-0.3, -0.25) is 14.4 Å². The molecule has 0 amide bonds. The van der Waals surface area contributed by atoms with E-state index >= 15 is 0 Å². The van der Waals surface area contributed by atoms with Gasteiger partial charge in [-0.2, -0.15) is 0 Å². The number of para-hydroxylation sites is 1. The molecule has 0 bridgehead atoms. The van der Waals surface area contributed by atoms with Crippen molar-refractivity contribution in [2.24, 2.45) is 7.05 Å². The summed E-state index contributed by atoms with van der Waals surface area (Å²) in [5.74, 6) is -1.13. The SMILES string of the molecule is Cn1c(CN2CCN(c3ccc(F)cc3F)CC2)c(Cl)c(=O)n1-c1ccccc1. The summed E-state index contributed by atoms with van der Waals surface area (Å²) in [5, 5.41) is 0.211. The summed E-state index contributed by atoms with van der Waals surface area (Å²) < 4.78 is 30.5. The van der Waals surface area contributed by atoms with E-state index in [1.165, 1.54) is 12.1 Å². The summed E-state index contributed by atoms with van der Waals surface area (Å²) in [6.07, 6.45) is 0. The first-order valence-corrected chi connectivity index (χ1v) is 9.77. The third-order valence-electron chi connectivity index (χ3n) is 5.32. The van der Waals surface area contributed by atoms with Gasteiger partial charge in [-0.1, -0.05) is 29.8 Å². The maximum Gasteiger partial charge on any atom is 0.290 e. The zero-order chi connectivity index (χ0) is 20.5. The molecule has 152 valence electrons. The van der Waals surface area contributed by atoms with Crippen LogP contribution in [0.3, 0.4) is 0 Å². The Balaban J connectivity index is 1.49. The lowest BCUT2D eigenvalue weighted by molar-refractivity contribution is 0.242. The highest BCUT2D eigenvalue weighted by Crippen LogP contribution is 2.23. The molecule has 0 N–H and O–H groups in total. The number of aromatic nitrogens is 2. The normalized spacial score (nSPS) is 15.1. The van der Waals surface area contributed by atoms with Crippen LogP contribution in [0.15, 0.2) is 53.3 Å². The topological polar surface area (TPSA) is 33.4 Å². The fourth-order valence-corrected chi connectivity index (χ4v) is 4.01. The van der Waals surface area contributed by atoms with Crippen LogP contribution in [0.1, 0.15) is 5.69 Å². The van der Waals surface area contributed by atoms with Crippen LogP contribution in [0.4, 0.5) is 14.5 Å². The third-order valence-corrected chi connectivity index (χ3v) is 5.70. The van der Waals surface area contributed by atoms with E-state index in [4.69, 9.17) is 11.6 Å². The second-order valence-corrected chi connectivity index (χ2v) is 7.47. The number of hydrogen-bond donors (Lipinski definition) is 0. The van der Waals surface area contributed by atoms with Crippen molar-refractivity contribution in [3.63, 3.8) is 0 Å². The maximum absolute atomic E-state index is 14.0. The van der Waals surface area contributed by atoms with Crippen LogP contribution < -0.4 is 10.5 Å². The van der Waals surface area contributed by atoms with Crippen molar-refractivity contribution >= 4 is 17.3 Å². The fourth-order valence-electron chi connectivity index (χ4n) is 3.74. The molecule has 5 nitrogen and oxygen atoms in total. The molecule has 3 aromatic rings. The second kappa shape index (κ2) is 8.00. The van der Waals surface area contributed by atoms with Crippen LogP contribution in [0.2, 0.25) is 5.02 Å². The molecule has 0 unspecified atom stereocenters. The van der Waals surface area contributed by atoms with Gasteiger partial charge in [0.05, 0.1) is 17.1 Å². The van der Waals surface area contributed by atoms with Gasteiger partial charge >= 0.3 is 0 Å². The molecule has 1 aliphatic rings. The molecule has 0 radical (unpaired) electrons. The van der Waals surface area contributed by atoms with Crippen molar-refractivity contribution in [1.29, 1.82) is 0 Å². The van der Waals surface area contributed by atoms with Crippen LogP contribution in [0.5, 0.6) is 0 Å². The average Bonchev–Trinajstić information content (AvgIpc) is 2.93. The number of benzene rings is 2. The summed E-state index contributed by atoms with van der Waals surface area (Å²) >= 11 is 6.37. The Bertz CT molecular complexity index is 1070. The van der Waals surface area contributed by atoms with Gasteiger partial charge < -0.3 is 4.90 Å². The minimum absolute atomic E-state index is 0.211. The highest BCUT2D eigenvalue weighted by molar-refractivity contribution is 6.31. The number of anilines is 1. The van der Waals surface area contributed by atoms with Gasteiger partial charge in [-0.15, -0.1) is 0 Å². The quantitative estimate of drug-likeness (QED) is 0.651. The van der Waals surface area contributed by atoms with Crippen molar-refractivity contribution in [3.05, 3.63) is 81.2 Å². The van der Waals surface area contributed by atoms with E-state index in [9.17, 15) is 13.6 Å². The number of halogens is 3. The lowest BCUT2D eigenvalue weighted by Gasteiger charge is -2.36. The molecule has 1 saturated heterocycles. The maximum atomic E-state index is 14.0. The minimum Gasteiger partial charge on any atom is -0.367 e. The van der Waals surface area contributed by atoms with Crippen LogP contribution in [-0.2, 0) is 13.6 Å². The zero-order valence-electron chi connectivity index (χ0n) is 16.0. The van der Waals surface area contributed by atoms with Gasteiger partial charge in [0.15, 0.2) is 0 Å². The Labute approximate surface area is 172 Å². The molecule has 0 atom stereocenters. The van der Waals surface area contributed by atoms with E-state index in [-0.39, 0.29) is 10.6 Å². The van der Waals surface area contributed by atoms with Crippen molar-refractivity contribution < 1.29 is 8.78 Å². The molecule has 2 heterocycles. The van der Waals surface area contributed by atoms with E-state index < -0.39 is 11.6 Å². The molecule has 4 rings (SSSR count). The van der Waals surface area contributed by atoms with E-state index in [1.54, 1.807) is 9.36 Å². The van der Waals surface area contributed by atoms with Crippen LogP contribution >= 0.6 is 11.6 Å². The molecule has 0 saturated carbocycles. The summed E-state index contributed by atoms with van der Waals surface area (Å²) in [4.78, 5) is 16.7. The van der Waals surface area contributed by atoms with E-state index in [2.05, 4.69) is 4.90 Å². The molecule has 1 aromatic heterocycles.